The van der Waals surface area contributed by atoms with Crippen molar-refractivity contribution in [3.05, 3.63) is 62.7 Å². The molecule has 29 heavy (non-hydrogen) atoms. The number of benzene rings is 1. The van der Waals surface area contributed by atoms with E-state index in [4.69, 9.17) is 23.1 Å². The Bertz CT molecular complexity index is 1110. The lowest BCUT2D eigenvalue weighted by atomic mass is 10.1. The van der Waals surface area contributed by atoms with Crippen LogP contribution < -0.4 is 11.5 Å². The highest BCUT2D eigenvalue weighted by Crippen LogP contribution is 2.38. The van der Waals surface area contributed by atoms with Gasteiger partial charge in [0.15, 0.2) is 5.78 Å². The van der Waals surface area contributed by atoms with Crippen LogP contribution in [0.25, 0.3) is 11.3 Å². The number of carbonyl (C=O) groups excluding carboxylic acids is 1. The molecule has 3 heterocycles. The number of rotatable bonds is 5. The molecule has 0 saturated heterocycles. The summed E-state index contributed by atoms with van der Waals surface area (Å²) in [5.41, 5.74) is 14.3. The third-order valence-corrected chi connectivity index (χ3v) is 6.27. The first-order valence-corrected chi connectivity index (χ1v) is 10.3. The third-order valence-electron chi connectivity index (χ3n) is 4.79. The molecule has 6 nitrogen and oxygen atoms in total. The fourth-order valence-electron chi connectivity index (χ4n) is 3.40. The molecular weight excluding hydrogens is 413 g/mol. The summed E-state index contributed by atoms with van der Waals surface area (Å²) in [6.07, 6.45) is 2.40. The number of aryl methyl sites for hydroxylation is 1. The molecule has 0 saturated carbocycles. The van der Waals surface area contributed by atoms with E-state index in [1.165, 1.54) is 23.5 Å². The summed E-state index contributed by atoms with van der Waals surface area (Å²) >= 11 is 7.60. The maximum Gasteiger partial charge on any atom is 0.175 e. The van der Waals surface area contributed by atoms with Crippen molar-refractivity contribution in [1.82, 2.24) is 9.78 Å². The lowest BCUT2D eigenvalue weighted by Crippen LogP contribution is -2.25. The fraction of sp³-hybridized carbons (Fsp3) is 0.250. The van der Waals surface area contributed by atoms with Crippen LogP contribution in [-0.4, -0.2) is 34.0 Å². The third kappa shape index (κ3) is 3.96. The lowest BCUT2D eigenvalue weighted by Gasteiger charge is -2.11. The van der Waals surface area contributed by atoms with Crippen molar-refractivity contribution in [2.75, 3.05) is 6.54 Å². The molecule has 1 aliphatic rings. The van der Waals surface area contributed by atoms with Gasteiger partial charge in [-0.25, -0.2) is 4.39 Å². The van der Waals surface area contributed by atoms with Crippen molar-refractivity contribution in [2.45, 2.75) is 25.4 Å². The van der Waals surface area contributed by atoms with Gasteiger partial charge in [0.2, 0.25) is 0 Å². The van der Waals surface area contributed by atoms with E-state index in [1.54, 1.807) is 16.9 Å². The van der Waals surface area contributed by atoms with Gasteiger partial charge in [0.1, 0.15) is 11.7 Å². The van der Waals surface area contributed by atoms with Crippen LogP contribution in [0.3, 0.4) is 0 Å². The van der Waals surface area contributed by atoms with E-state index in [0.29, 0.717) is 40.0 Å². The number of aromatic nitrogens is 2. The predicted octanol–water partition coefficient (Wildman–Crippen LogP) is 3.27. The molecule has 0 amide bonds. The van der Waals surface area contributed by atoms with Gasteiger partial charge in [-0.05, 0) is 30.2 Å². The fourth-order valence-corrected chi connectivity index (χ4v) is 4.68. The number of halogens is 2. The number of thiophene rings is 1. The predicted molar refractivity (Wildman–Crippen MR) is 113 cm³/mol. The summed E-state index contributed by atoms with van der Waals surface area (Å²) < 4.78 is 15.2. The molecule has 2 aromatic heterocycles. The van der Waals surface area contributed by atoms with Gasteiger partial charge < -0.3 is 11.5 Å². The quantitative estimate of drug-likeness (QED) is 0.478. The number of nitrogens with zero attached hydrogens (tertiary/aromatic N) is 3. The molecule has 0 fully saturated rings. The number of aliphatic imine (C=N–C) groups is 1. The van der Waals surface area contributed by atoms with Gasteiger partial charge in [-0.15, -0.1) is 11.3 Å². The zero-order valence-electron chi connectivity index (χ0n) is 15.4. The lowest BCUT2D eigenvalue weighted by molar-refractivity contribution is 0.0982. The van der Waals surface area contributed by atoms with Gasteiger partial charge in [-0.3, -0.25) is 14.5 Å². The standard InChI is InChI=1S/C20H19ClFN5OS/c21-15-10-25-27-5-4-16(28)19-14(18(15)27)8-17(29-19)20(24)26-13(9-23)7-11-2-1-3-12(22)6-11/h1-3,6,8,10,13H,4-5,7,9,23H2,(H2,24,26)/t13-/m0/s1. The largest absolute Gasteiger partial charge is 0.383 e. The SMILES string of the molecule is NC[C@H](Cc1cccc(F)c1)N=C(N)c1cc2c(s1)C(=O)CCn1ncc(Cl)c1-2. The van der Waals surface area contributed by atoms with E-state index in [0.717, 1.165) is 16.8 Å². The van der Waals surface area contributed by atoms with Gasteiger partial charge >= 0.3 is 0 Å². The molecule has 1 aromatic carbocycles. The Balaban J connectivity index is 1.66. The Morgan fingerprint density at radius 3 is 3.00 bits per heavy atom. The van der Waals surface area contributed by atoms with Crippen molar-refractivity contribution in [2.24, 2.45) is 16.5 Å². The highest BCUT2D eigenvalue weighted by Gasteiger charge is 2.27. The summed E-state index contributed by atoms with van der Waals surface area (Å²) in [6, 6.07) is 7.86. The molecule has 3 aromatic rings. The van der Waals surface area contributed by atoms with Crippen molar-refractivity contribution in [1.29, 1.82) is 0 Å². The zero-order chi connectivity index (χ0) is 20.5. The topological polar surface area (TPSA) is 99.3 Å². The number of fused-ring (bicyclic) bond motifs is 3. The first kappa shape index (κ1) is 19.8. The molecule has 0 spiro atoms. The molecule has 9 heteroatoms. The van der Waals surface area contributed by atoms with Gasteiger partial charge in [0.05, 0.1) is 32.7 Å². The number of hydrogen-bond acceptors (Lipinski definition) is 5. The van der Waals surface area contributed by atoms with Gasteiger partial charge in [0.25, 0.3) is 0 Å². The van der Waals surface area contributed by atoms with Gasteiger partial charge in [0, 0.05) is 25.1 Å². The Kier molecular flexibility index (Phi) is 5.49. The monoisotopic (exact) mass is 431 g/mol. The molecule has 150 valence electrons. The minimum atomic E-state index is -0.302. The summed E-state index contributed by atoms with van der Waals surface area (Å²) in [4.78, 5) is 18.4. The van der Waals surface area contributed by atoms with Crippen LogP contribution in [0.4, 0.5) is 4.39 Å². The number of Topliss-reactive ketones (excluding diaryl/α,β-unsaturated/α-hetero) is 1. The minimum absolute atomic E-state index is 0.0285. The second-order valence-corrected chi connectivity index (χ2v) is 8.29. The summed E-state index contributed by atoms with van der Waals surface area (Å²) in [5.74, 6) is 0.0230. The van der Waals surface area contributed by atoms with Crippen LogP contribution in [0, 0.1) is 5.82 Å². The van der Waals surface area contributed by atoms with E-state index in [-0.39, 0.29) is 24.2 Å². The number of amidine groups is 1. The molecule has 1 aliphatic heterocycles. The molecular formula is C20H19ClFN5OS. The van der Waals surface area contributed by atoms with Crippen LogP contribution in [0.2, 0.25) is 5.02 Å². The summed E-state index contributed by atoms with van der Waals surface area (Å²) in [7, 11) is 0. The molecule has 0 bridgehead atoms. The number of nitrogens with two attached hydrogens (primary N) is 2. The Labute approximate surface area is 176 Å². The zero-order valence-corrected chi connectivity index (χ0v) is 17.0. The average Bonchev–Trinajstić information content (AvgIpc) is 3.26. The summed E-state index contributed by atoms with van der Waals surface area (Å²) in [6.45, 7) is 0.754. The summed E-state index contributed by atoms with van der Waals surface area (Å²) in [5, 5.41) is 4.74. The highest BCUT2D eigenvalue weighted by molar-refractivity contribution is 7.16. The number of hydrogen-bond donors (Lipinski definition) is 2. The molecule has 0 aliphatic carbocycles. The smallest absolute Gasteiger partial charge is 0.175 e. The van der Waals surface area contributed by atoms with Crippen molar-refractivity contribution >= 4 is 34.6 Å². The maximum atomic E-state index is 13.4. The highest BCUT2D eigenvalue weighted by atomic mass is 35.5. The van der Waals surface area contributed by atoms with Gasteiger partial charge in [-0.2, -0.15) is 5.10 Å². The van der Waals surface area contributed by atoms with Crippen LogP contribution in [0.15, 0.2) is 41.5 Å². The Morgan fingerprint density at radius 1 is 1.41 bits per heavy atom. The van der Waals surface area contributed by atoms with Crippen LogP contribution in [0.5, 0.6) is 0 Å². The molecule has 0 unspecified atom stereocenters. The molecule has 1 atom stereocenters. The minimum Gasteiger partial charge on any atom is -0.383 e. The average molecular weight is 432 g/mol. The first-order valence-electron chi connectivity index (χ1n) is 9.13. The van der Waals surface area contributed by atoms with E-state index in [1.807, 2.05) is 12.1 Å². The van der Waals surface area contributed by atoms with Crippen molar-refractivity contribution in [3.63, 3.8) is 0 Å². The Morgan fingerprint density at radius 2 is 2.24 bits per heavy atom. The number of carbonyl (C=O) groups is 1. The maximum absolute atomic E-state index is 13.4. The second kappa shape index (κ2) is 8.06. The molecule has 0 radical (unpaired) electrons. The van der Waals surface area contributed by atoms with Crippen molar-refractivity contribution in [3.8, 4) is 11.3 Å². The van der Waals surface area contributed by atoms with E-state index in [9.17, 15) is 9.18 Å². The normalized spacial score (nSPS) is 15.0. The molecule has 4 rings (SSSR count). The van der Waals surface area contributed by atoms with Gasteiger partial charge in [-0.1, -0.05) is 23.7 Å². The van der Waals surface area contributed by atoms with Crippen LogP contribution in [0.1, 0.15) is 26.5 Å². The second-order valence-electron chi connectivity index (χ2n) is 6.83. The van der Waals surface area contributed by atoms with Crippen molar-refractivity contribution < 1.29 is 9.18 Å². The van der Waals surface area contributed by atoms with E-state index in [2.05, 4.69) is 10.1 Å². The van der Waals surface area contributed by atoms with E-state index < -0.39 is 0 Å². The number of ketones is 1. The molecule has 4 N–H and O–H groups in total. The van der Waals surface area contributed by atoms with Crippen LogP contribution in [-0.2, 0) is 13.0 Å². The van der Waals surface area contributed by atoms with Crippen LogP contribution >= 0.6 is 22.9 Å². The first-order chi connectivity index (χ1) is 14.0. The Hall–Kier alpha value is -2.55. The van der Waals surface area contributed by atoms with E-state index >= 15 is 0 Å².